The predicted molar refractivity (Wildman–Crippen MR) is 56.9 cm³/mol. The summed E-state index contributed by atoms with van der Waals surface area (Å²) in [6.07, 6.45) is 0. The fourth-order valence-electron chi connectivity index (χ4n) is 1.17. The first kappa shape index (κ1) is 11.4. The molecule has 1 aromatic rings. The number of rotatable bonds is 3. The zero-order chi connectivity index (χ0) is 11.4. The van der Waals surface area contributed by atoms with Crippen LogP contribution in [-0.4, -0.2) is 18.4 Å². The Morgan fingerprint density at radius 1 is 1.20 bits per heavy atom. The molecule has 15 heavy (non-hydrogen) atoms. The fourth-order valence-corrected chi connectivity index (χ4v) is 1.17. The van der Waals surface area contributed by atoms with Crippen LogP contribution >= 0.6 is 0 Å². The van der Waals surface area contributed by atoms with Gasteiger partial charge in [0.25, 0.3) is 0 Å². The van der Waals surface area contributed by atoms with Crippen LogP contribution in [-0.2, 0) is 9.53 Å². The lowest BCUT2D eigenvalue weighted by molar-refractivity contribution is -0.139. The maximum absolute atomic E-state index is 11.5. The molecule has 0 heterocycles. The molecule has 0 radical (unpaired) electrons. The van der Waals surface area contributed by atoms with Crippen molar-refractivity contribution in [2.45, 2.75) is 20.8 Å². The minimum absolute atomic E-state index is 0.173. The summed E-state index contributed by atoms with van der Waals surface area (Å²) >= 11 is 0. The van der Waals surface area contributed by atoms with Gasteiger partial charge in [0.1, 0.15) is 0 Å². The van der Waals surface area contributed by atoms with Gasteiger partial charge in [-0.3, -0.25) is 9.59 Å². The molecular weight excluding hydrogens is 192 g/mol. The van der Waals surface area contributed by atoms with E-state index in [0.29, 0.717) is 5.56 Å². The average molecular weight is 206 g/mol. The van der Waals surface area contributed by atoms with Gasteiger partial charge in [0, 0.05) is 12.5 Å². The number of benzene rings is 1. The van der Waals surface area contributed by atoms with E-state index in [1.54, 1.807) is 12.1 Å². The van der Waals surface area contributed by atoms with Crippen molar-refractivity contribution >= 4 is 11.8 Å². The number of carbonyl (C=O) groups is 2. The summed E-state index contributed by atoms with van der Waals surface area (Å²) in [5.74, 6) is -0.611. The molecule has 0 unspecified atom stereocenters. The molecule has 0 aliphatic carbocycles. The van der Waals surface area contributed by atoms with Crippen LogP contribution in [0.25, 0.3) is 0 Å². The molecule has 0 amide bonds. The molecule has 80 valence electrons. The van der Waals surface area contributed by atoms with E-state index in [1.807, 2.05) is 19.9 Å². The summed E-state index contributed by atoms with van der Waals surface area (Å²) in [5, 5.41) is 0. The molecule has 0 bridgehead atoms. The molecule has 0 aromatic heterocycles. The highest BCUT2D eigenvalue weighted by Gasteiger charge is 2.08. The first-order valence-corrected chi connectivity index (χ1v) is 4.74. The number of esters is 1. The molecule has 0 fully saturated rings. The van der Waals surface area contributed by atoms with Gasteiger partial charge < -0.3 is 4.74 Å². The minimum atomic E-state index is -0.438. The third-order valence-corrected chi connectivity index (χ3v) is 2.24. The third kappa shape index (κ3) is 3.20. The summed E-state index contributed by atoms with van der Waals surface area (Å²) in [5.41, 5.74) is 2.78. The van der Waals surface area contributed by atoms with Crippen LogP contribution in [0.3, 0.4) is 0 Å². The van der Waals surface area contributed by atoms with E-state index in [1.165, 1.54) is 6.92 Å². The second-order valence-electron chi connectivity index (χ2n) is 3.50. The van der Waals surface area contributed by atoms with E-state index >= 15 is 0 Å². The first-order chi connectivity index (χ1) is 7.00. The standard InChI is InChI=1S/C12H14O3/c1-8-4-5-11(6-9(8)2)12(14)7-15-10(3)13/h4-6H,7H2,1-3H3. The maximum Gasteiger partial charge on any atom is 0.303 e. The van der Waals surface area contributed by atoms with Crippen LogP contribution in [0.15, 0.2) is 18.2 Å². The Kier molecular flexibility index (Phi) is 3.61. The zero-order valence-corrected chi connectivity index (χ0v) is 9.16. The van der Waals surface area contributed by atoms with Crippen LogP contribution in [0.4, 0.5) is 0 Å². The van der Waals surface area contributed by atoms with Crippen LogP contribution in [0, 0.1) is 13.8 Å². The van der Waals surface area contributed by atoms with Crippen LogP contribution in [0.5, 0.6) is 0 Å². The molecule has 0 saturated carbocycles. The topological polar surface area (TPSA) is 43.4 Å². The Hall–Kier alpha value is -1.64. The Labute approximate surface area is 89.1 Å². The van der Waals surface area contributed by atoms with Gasteiger partial charge in [0.05, 0.1) is 0 Å². The van der Waals surface area contributed by atoms with Gasteiger partial charge >= 0.3 is 5.97 Å². The minimum Gasteiger partial charge on any atom is -0.457 e. The summed E-state index contributed by atoms with van der Waals surface area (Å²) in [6.45, 7) is 5.03. The van der Waals surface area contributed by atoms with Gasteiger partial charge in [0.15, 0.2) is 12.4 Å². The Balaban J connectivity index is 2.74. The lowest BCUT2D eigenvalue weighted by Crippen LogP contribution is -2.12. The SMILES string of the molecule is CC(=O)OCC(=O)c1ccc(C)c(C)c1. The molecule has 1 aromatic carbocycles. The van der Waals surface area contributed by atoms with Crippen LogP contribution < -0.4 is 0 Å². The fraction of sp³-hybridized carbons (Fsp3) is 0.333. The van der Waals surface area contributed by atoms with Gasteiger partial charge in [-0.25, -0.2) is 0 Å². The Morgan fingerprint density at radius 3 is 2.40 bits per heavy atom. The summed E-state index contributed by atoms with van der Waals surface area (Å²) in [7, 11) is 0. The van der Waals surface area contributed by atoms with Gasteiger partial charge in [0.2, 0.25) is 0 Å². The smallest absolute Gasteiger partial charge is 0.303 e. The molecule has 0 N–H and O–H groups in total. The molecular formula is C12H14O3. The van der Waals surface area contributed by atoms with Crippen LogP contribution in [0.2, 0.25) is 0 Å². The van der Waals surface area contributed by atoms with Crippen molar-refractivity contribution in [3.63, 3.8) is 0 Å². The summed E-state index contributed by atoms with van der Waals surface area (Å²) in [4.78, 5) is 22.1. The molecule has 3 nitrogen and oxygen atoms in total. The third-order valence-electron chi connectivity index (χ3n) is 2.24. The van der Waals surface area contributed by atoms with Gasteiger partial charge in [-0.05, 0) is 31.0 Å². The molecule has 0 atom stereocenters. The van der Waals surface area contributed by atoms with Crippen molar-refractivity contribution < 1.29 is 14.3 Å². The first-order valence-electron chi connectivity index (χ1n) is 4.74. The normalized spacial score (nSPS) is 9.80. The molecule has 3 heteroatoms. The molecule has 1 rings (SSSR count). The number of carbonyl (C=O) groups excluding carboxylic acids is 2. The van der Waals surface area contributed by atoms with Crippen molar-refractivity contribution in [1.82, 2.24) is 0 Å². The van der Waals surface area contributed by atoms with E-state index < -0.39 is 5.97 Å². The monoisotopic (exact) mass is 206 g/mol. The second-order valence-corrected chi connectivity index (χ2v) is 3.50. The number of ketones is 1. The lowest BCUT2D eigenvalue weighted by atomic mass is 10.0. The summed E-state index contributed by atoms with van der Waals surface area (Å²) in [6, 6.07) is 5.44. The highest BCUT2D eigenvalue weighted by Crippen LogP contribution is 2.10. The van der Waals surface area contributed by atoms with Gasteiger partial charge in [-0.15, -0.1) is 0 Å². The Morgan fingerprint density at radius 2 is 1.87 bits per heavy atom. The average Bonchev–Trinajstić information content (AvgIpc) is 2.18. The second kappa shape index (κ2) is 4.73. The number of hydrogen-bond donors (Lipinski definition) is 0. The van der Waals surface area contributed by atoms with E-state index in [-0.39, 0.29) is 12.4 Å². The van der Waals surface area contributed by atoms with E-state index in [9.17, 15) is 9.59 Å². The number of Topliss-reactive ketones (excluding diaryl/α,β-unsaturated/α-hetero) is 1. The quantitative estimate of drug-likeness (QED) is 0.561. The maximum atomic E-state index is 11.5. The highest BCUT2D eigenvalue weighted by atomic mass is 16.5. The zero-order valence-electron chi connectivity index (χ0n) is 9.16. The molecule has 0 saturated heterocycles. The van der Waals surface area contributed by atoms with E-state index in [4.69, 9.17) is 0 Å². The van der Waals surface area contributed by atoms with E-state index in [0.717, 1.165) is 11.1 Å². The number of aryl methyl sites for hydroxylation is 2. The van der Waals surface area contributed by atoms with Crippen molar-refractivity contribution in [2.75, 3.05) is 6.61 Å². The number of ether oxygens (including phenoxy) is 1. The number of hydrogen-bond acceptors (Lipinski definition) is 3. The lowest BCUT2D eigenvalue weighted by Gasteiger charge is -2.04. The summed E-state index contributed by atoms with van der Waals surface area (Å²) < 4.78 is 4.64. The molecule has 0 spiro atoms. The van der Waals surface area contributed by atoms with Crippen molar-refractivity contribution in [2.24, 2.45) is 0 Å². The Bertz CT molecular complexity index is 394. The van der Waals surface area contributed by atoms with Crippen molar-refractivity contribution in [3.8, 4) is 0 Å². The van der Waals surface area contributed by atoms with Crippen molar-refractivity contribution in [3.05, 3.63) is 34.9 Å². The van der Waals surface area contributed by atoms with Gasteiger partial charge in [-0.1, -0.05) is 12.1 Å². The largest absolute Gasteiger partial charge is 0.457 e. The van der Waals surface area contributed by atoms with Crippen molar-refractivity contribution in [1.29, 1.82) is 0 Å². The molecule has 0 aliphatic heterocycles. The molecule has 0 aliphatic rings. The predicted octanol–water partition coefficient (Wildman–Crippen LogP) is 2.05. The van der Waals surface area contributed by atoms with Gasteiger partial charge in [-0.2, -0.15) is 0 Å². The van der Waals surface area contributed by atoms with E-state index in [2.05, 4.69) is 4.74 Å². The highest BCUT2D eigenvalue weighted by molar-refractivity contribution is 5.98. The van der Waals surface area contributed by atoms with Crippen LogP contribution in [0.1, 0.15) is 28.4 Å².